The van der Waals surface area contributed by atoms with Gasteiger partial charge in [0.05, 0.1) is 25.3 Å². The van der Waals surface area contributed by atoms with Gasteiger partial charge in [-0.2, -0.15) is 10.4 Å². The summed E-state index contributed by atoms with van der Waals surface area (Å²) in [7, 11) is 1.55. The van der Waals surface area contributed by atoms with Crippen molar-refractivity contribution in [3.63, 3.8) is 0 Å². The molecule has 0 aromatic carbocycles. The maximum atomic E-state index is 13.0. The third-order valence-corrected chi connectivity index (χ3v) is 8.25. The number of hydrogen-bond acceptors (Lipinski definition) is 8. The SMILES string of the molecule is COc1cc(C(C=NC2CCN(C(=O)C3CN(C(=O)/C=C/CN4CCCCC4)C3)CC2)=CN)cn2ncc(C#N)c12. The molecule has 0 bridgehead atoms. The summed E-state index contributed by atoms with van der Waals surface area (Å²) in [6.45, 7) is 5.31. The number of rotatable bonds is 8. The van der Waals surface area contributed by atoms with Crippen molar-refractivity contribution in [1.82, 2.24) is 24.3 Å². The average Bonchev–Trinajstić information content (AvgIpc) is 3.40. The lowest BCUT2D eigenvalue weighted by Crippen LogP contribution is -2.57. The third-order valence-electron chi connectivity index (χ3n) is 8.25. The second-order valence-corrected chi connectivity index (χ2v) is 10.9. The molecule has 2 N–H and O–H groups in total. The molecule has 2 aromatic rings. The summed E-state index contributed by atoms with van der Waals surface area (Å²) in [5.41, 5.74) is 8.45. The highest BCUT2D eigenvalue weighted by molar-refractivity contribution is 6.10. The van der Waals surface area contributed by atoms with Gasteiger partial charge in [0.2, 0.25) is 11.8 Å². The maximum Gasteiger partial charge on any atom is 0.246 e. The van der Waals surface area contributed by atoms with Crippen molar-refractivity contribution in [2.45, 2.75) is 38.1 Å². The van der Waals surface area contributed by atoms with Gasteiger partial charge in [-0.3, -0.25) is 19.5 Å². The fourth-order valence-corrected chi connectivity index (χ4v) is 5.74. The Kier molecular flexibility index (Phi) is 8.99. The largest absolute Gasteiger partial charge is 0.494 e. The predicted molar refractivity (Wildman–Crippen MR) is 156 cm³/mol. The number of carbonyl (C=O) groups is 2. The van der Waals surface area contributed by atoms with Crippen molar-refractivity contribution < 1.29 is 14.3 Å². The van der Waals surface area contributed by atoms with E-state index in [-0.39, 0.29) is 23.8 Å². The van der Waals surface area contributed by atoms with Crippen LogP contribution in [0.25, 0.3) is 11.1 Å². The normalized spacial score (nSPS) is 19.7. The number of carbonyl (C=O) groups excluding carboxylic acids is 2. The lowest BCUT2D eigenvalue weighted by atomic mass is 9.96. The number of nitrogens with zero attached hydrogens (tertiary/aromatic N) is 7. The number of likely N-dealkylation sites (tertiary alicyclic amines) is 3. The zero-order chi connectivity index (χ0) is 28.8. The number of pyridine rings is 1. The van der Waals surface area contributed by atoms with Crippen LogP contribution in [0.5, 0.6) is 5.75 Å². The van der Waals surface area contributed by atoms with Gasteiger partial charge >= 0.3 is 0 Å². The van der Waals surface area contributed by atoms with Crippen LogP contribution in [0.15, 0.2) is 41.8 Å². The molecular formula is C30H38N8O3. The summed E-state index contributed by atoms with van der Waals surface area (Å²) < 4.78 is 7.10. The Balaban J connectivity index is 1.08. The highest BCUT2D eigenvalue weighted by atomic mass is 16.5. The van der Waals surface area contributed by atoms with E-state index in [2.05, 4.69) is 16.1 Å². The molecule has 0 saturated carbocycles. The molecular weight excluding hydrogens is 520 g/mol. The van der Waals surface area contributed by atoms with E-state index in [1.54, 1.807) is 35.0 Å². The Labute approximate surface area is 240 Å². The highest BCUT2D eigenvalue weighted by Crippen LogP contribution is 2.27. The van der Waals surface area contributed by atoms with Gasteiger partial charge in [0.1, 0.15) is 22.9 Å². The predicted octanol–water partition coefficient (Wildman–Crippen LogP) is 2.08. The molecule has 0 unspecified atom stereocenters. The summed E-state index contributed by atoms with van der Waals surface area (Å²) in [5.74, 6) is 0.543. The first-order chi connectivity index (χ1) is 20.0. The van der Waals surface area contributed by atoms with Crippen LogP contribution in [0.3, 0.4) is 0 Å². The molecule has 3 aliphatic heterocycles. The van der Waals surface area contributed by atoms with Gasteiger partial charge in [0.15, 0.2) is 0 Å². The number of piperidine rings is 2. The van der Waals surface area contributed by atoms with E-state index in [4.69, 9.17) is 15.5 Å². The van der Waals surface area contributed by atoms with Crippen LogP contribution >= 0.6 is 0 Å². The number of aromatic nitrogens is 2. The molecule has 2 aromatic heterocycles. The smallest absolute Gasteiger partial charge is 0.246 e. The highest BCUT2D eigenvalue weighted by Gasteiger charge is 2.38. The minimum atomic E-state index is -0.116. The molecule has 11 nitrogen and oxygen atoms in total. The van der Waals surface area contributed by atoms with E-state index in [0.717, 1.165) is 38.0 Å². The first kappa shape index (κ1) is 28.4. The minimum Gasteiger partial charge on any atom is -0.494 e. The molecule has 0 radical (unpaired) electrons. The van der Waals surface area contributed by atoms with Crippen molar-refractivity contribution in [2.75, 3.05) is 52.9 Å². The Bertz CT molecular complexity index is 1380. The average molecular weight is 559 g/mol. The van der Waals surface area contributed by atoms with E-state index >= 15 is 0 Å². The number of nitrogens with two attached hydrogens (primary N) is 1. The molecule has 0 atom stereocenters. The maximum absolute atomic E-state index is 13.0. The van der Waals surface area contributed by atoms with Crippen LogP contribution < -0.4 is 10.5 Å². The molecule has 0 aliphatic carbocycles. The van der Waals surface area contributed by atoms with Gasteiger partial charge in [0, 0.05) is 68.5 Å². The van der Waals surface area contributed by atoms with Crippen molar-refractivity contribution in [2.24, 2.45) is 16.6 Å². The first-order valence-electron chi connectivity index (χ1n) is 14.4. The van der Waals surface area contributed by atoms with Crippen LogP contribution in [-0.2, 0) is 9.59 Å². The van der Waals surface area contributed by atoms with Gasteiger partial charge in [-0.25, -0.2) is 4.52 Å². The Morgan fingerprint density at radius 2 is 1.93 bits per heavy atom. The quantitative estimate of drug-likeness (QED) is 0.387. The fraction of sp³-hybridized carbons (Fsp3) is 0.500. The summed E-state index contributed by atoms with van der Waals surface area (Å²) >= 11 is 0. The van der Waals surface area contributed by atoms with E-state index in [1.807, 2.05) is 17.0 Å². The molecule has 0 spiro atoms. The number of hydrogen-bond donors (Lipinski definition) is 1. The molecule has 5 heterocycles. The van der Waals surface area contributed by atoms with Gasteiger partial charge in [-0.1, -0.05) is 12.5 Å². The number of amides is 2. The first-order valence-corrected chi connectivity index (χ1v) is 14.4. The van der Waals surface area contributed by atoms with Crippen LogP contribution in [0.1, 0.15) is 43.2 Å². The lowest BCUT2D eigenvalue weighted by Gasteiger charge is -2.41. The topological polar surface area (TPSA) is 133 Å². The summed E-state index contributed by atoms with van der Waals surface area (Å²) in [6.07, 6.45) is 15.5. The number of ether oxygens (including phenoxy) is 1. The zero-order valence-electron chi connectivity index (χ0n) is 23.6. The molecule has 11 heteroatoms. The third kappa shape index (κ3) is 6.43. The Morgan fingerprint density at radius 3 is 2.61 bits per heavy atom. The molecule has 3 saturated heterocycles. The van der Waals surface area contributed by atoms with Crippen molar-refractivity contribution in [3.8, 4) is 11.8 Å². The monoisotopic (exact) mass is 558 g/mol. The standard InChI is InChI=1S/C30H38N8O3/c1-41-27-14-22(21-38-29(27)24(16-32)18-34-38)23(15-31)17-33-26-7-12-36(13-8-26)30(40)25-19-37(20-25)28(39)6-5-11-35-9-3-2-4-10-35/h5-6,14-15,17-18,21,25-26H,2-4,7-13,19-20,31H2,1H3/b6-5+,23-15?,33-17?. The Morgan fingerprint density at radius 1 is 1.17 bits per heavy atom. The number of methoxy groups -OCH3 is 1. The second-order valence-electron chi connectivity index (χ2n) is 10.9. The minimum absolute atomic E-state index is 0.00213. The van der Waals surface area contributed by atoms with E-state index in [9.17, 15) is 14.9 Å². The van der Waals surface area contributed by atoms with Crippen molar-refractivity contribution >= 4 is 29.1 Å². The van der Waals surface area contributed by atoms with Gasteiger partial charge in [-0.15, -0.1) is 0 Å². The number of aliphatic imine (C=N–C) groups is 1. The van der Waals surface area contributed by atoms with Crippen molar-refractivity contribution in [3.05, 3.63) is 47.9 Å². The van der Waals surface area contributed by atoms with E-state index in [0.29, 0.717) is 48.6 Å². The Hall–Kier alpha value is -4.17. The lowest BCUT2D eigenvalue weighted by molar-refractivity contribution is -0.146. The van der Waals surface area contributed by atoms with Crippen LogP contribution in [0.2, 0.25) is 0 Å². The number of nitriles is 1. The van der Waals surface area contributed by atoms with Gasteiger partial charge in [0.25, 0.3) is 0 Å². The summed E-state index contributed by atoms with van der Waals surface area (Å²) in [5, 5.41) is 13.6. The molecule has 2 amide bonds. The molecule has 216 valence electrons. The fourth-order valence-electron chi connectivity index (χ4n) is 5.74. The van der Waals surface area contributed by atoms with Crippen molar-refractivity contribution in [1.29, 1.82) is 5.26 Å². The van der Waals surface area contributed by atoms with Gasteiger partial charge < -0.3 is 20.3 Å². The number of allylic oxidation sites excluding steroid dienone is 1. The van der Waals surface area contributed by atoms with Crippen LogP contribution in [0, 0.1) is 17.2 Å². The summed E-state index contributed by atoms with van der Waals surface area (Å²) in [4.78, 5) is 36.3. The van der Waals surface area contributed by atoms with Crippen LogP contribution in [-0.4, -0.2) is 101 Å². The second kappa shape index (κ2) is 13.0. The molecule has 3 fully saturated rings. The zero-order valence-corrected chi connectivity index (χ0v) is 23.6. The molecule has 41 heavy (non-hydrogen) atoms. The summed E-state index contributed by atoms with van der Waals surface area (Å²) in [6, 6.07) is 4.03. The molecule has 5 rings (SSSR count). The van der Waals surface area contributed by atoms with Crippen LogP contribution in [0.4, 0.5) is 0 Å². The van der Waals surface area contributed by atoms with E-state index in [1.165, 1.54) is 31.7 Å². The number of fused-ring (bicyclic) bond motifs is 1. The van der Waals surface area contributed by atoms with E-state index < -0.39 is 0 Å². The van der Waals surface area contributed by atoms with Gasteiger partial charge in [-0.05, 0) is 44.8 Å². The molecule has 3 aliphatic rings.